The molecule has 0 unspecified atom stereocenters. The van der Waals surface area contributed by atoms with E-state index in [-0.39, 0.29) is 5.97 Å². The SMILES string of the molecule is CC(C)=C(C)CCCCCCOC(=O)c1ccccc1. The molecule has 1 aromatic carbocycles. The van der Waals surface area contributed by atoms with Gasteiger partial charge in [-0.1, -0.05) is 42.2 Å². The highest BCUT2D eigenvalue weighted by Crippen LogP contribution is 2.13. The van der Waals surface area contributed by atoms with E-state index in [1.165, 1.54) is 30.4 Å². The van der Waals surface area contributed by atoms with E-state index in [2.05, 4.69) is 20.8 Å². The van der Waals surface area contributed by atoms with Gasteiger partial charge in [0.25, 0.3) is 0 Å². The molecule has 0 atom stereocenters. The van der Waals surface area contributed by atoms with Crippen LogP contribution in [0.4, 0.5) is 0 Å². The van der Waals surface area contributed by atoms with E-state index in [0.29, 0.717) is 12.2 Å². The molecular formula is C18H26O2. The summed E-state index contributed by atoms with van der Waals surface area (Å²) in [4.78, 5) is 11.7. The van der Waals surface area contributed by atoms with E-state index in [0.717, 1.165) is 12.8 Å². The summed E-state index contributed by atoms with van der Waals surface area (Å²) in [5.74, 6) is -0.217. The van der Waals surface area contributed by atoms with Crippen LogP contribution in [0.2, 0.25) is 0 Å². The van der Waals surface area contributed by atoms with E-state index in [1.807, 2.05) is 18.2 Å². The number of unbranched alkanes of at least 4 members (excludes halogenated alkanes) is 3. The molecule has 1 aromatic rings. The van der Waals surface area contributed by atoms with Crippen molar-refractivity contribution in [2.45, 2.75) is 52.9 Å². The zero-order valence-electron chi connectivity index (χ0n) is 12.9. The van der Waals surface area contributed by atoms with Gasteiger partial charge in [-0.2, -0.15) is 0 Å². The van der Waals surface area contributed by atoms with Crippen molar-refractivity contribution in [3.63, 3.8) is 0 Å². The van der Waals surface area contributed by atoms with Gasteiger partial charge in [-0.05, 0) is 52.2 Å². The van der Waals surface area contributed by atoms with Crippen LogP contribution in [0.15, 0.2) is 41.5 Å². The molecule has 0 aromatic heterocycles. The van der Waals surface area contributed by atoms with E-state index < -0.39 is 0 Å². The van der Waals surface area contributed by atoms with Gasteiger partial charge in [0.15, 0.2) is 0 Å². The topological polar surface area (TPSA) is 26.3 Å². The van der Waals surface area contributed by atoms with Crippen LogP contribution in [-0.2, 0) is 4.74 Å². The van der Waals surface area contributed by atoms with Gasteiger partial charge in [0.1, 0.15) is 0 Å². The first-order chi connectivity index (χ1) is 9.61. The normalized spacial score (nSPS) is 10.2. The van der Waals surface area contributed by atoms with Crippen LogP contribution in [0.5, 0.6) is 0 Å². The van der Waals surface area contributed by atoms with Crippen LogP contribution < -0.4 is 0 Å². The molecule has 2 nitrogen and oxygen atoms in total. The van der Waals surface area contributed by atoms with Crippen LogP contribution in [0.1, 0.15) is 63.2 Å². The maximum atomic E-state index is 11.7. The molecule has 2 heteroatoms. The molecule has 0 N–H and O–H groups in total. The van der Waals surface area contributed by atoms with Crippen molar-refractivity contribution in [3.05, 3.63) is 47.0 Å². The third-order valence-corrected chi connectivity index (χ3v) is 3.54. The third kappa shape index (κ3) is 6.55. The summed E-state index contributed by atoms with van der Waals surface area (Å²) in [5.41, 5.74) is 3.56. The maximum absolute atomic E-state index is 11.7. The zero-order chi connectivity index (χ0) is 14.8. The fraction of sp³-hybridized carbons (Fsp3) is 0.500. The van der Waals surface area contributed by atoms with E-state index in [9.17, 15) is 4.79 Å². The number of carbonyl (C=O) groups is 1. The van der Waals surface area contributed by atoms with Crippen molar-refractivity contribution in [1.29, 1.82) is 0 Å². The lowest BCUT2D eigenvalue weighted by atomic mass is 10.0. The molecule has 0 amide bonds. The maximum Gasteiger partial charge on any atom is 0.338 e. The quantitative estimate of drug-likeness (QED) is 0.372. The lowest BCUT2D eigenvalue weighted by Gasteiger charge is -2.06. The van der Waals surface area contributed by atoms with Crippen LogP contribution >= 0.6 is 0 Å². The molecule has 0 saturated heterocycles. The summed E-state index contributed by atoms with van der Waals surface area (Å²) in [6.45, 7) is 7.06. The minimum atomic E-state index is -0.217. The van der Waals surface area contributed by atoms with Crippen LogP contribution in [-0.4, -0.2) is 12.6 Å². The van der Waals surface area contributed by atoms with Gasteiger partial charge in [-0.15, -0.1) is 0 Å². The molecule has 0 radical (unpaired) electrons. The van der Waals surface area contributed by atoms with Crippen molar-refractivity contribution >= 4 is 5.97 Å². The van der Waals surface area contributed by atoms with Gasteiger partial charge < -0.3 is 4.74 Å². The predicted molar refractivity (Wildman–Crippen MR) is 83.9 cm³/mol. The number of esters is 1. The molecule has 0 aliphatic heterocycles. The van der Waals surface area contributed by atoms with Gasteiger partial charge in [-0.25, -0.2) is 4.79 Å². The molecule has 1 rings (SSSR count). The molecule has 0 bridgehead atoms. The number of hydrogen-bond acceptors (Lipinski definition) is 2. The third-order valence-electron chi connectivity index (χ3n) is 3.54. The molecule has 110 valence electrons. The molecule has 0 aliphatic carbocycles. The first-order valence-electron chi connectivity index (χ1n) is 7.46. The summed E-state index contributed by atoms with van der Waals surface area (Å²) >= 11 is 0. The number of hydrogen-bond donors (Lipinski definition) is 0. The van der Waals surface area contributed by atoms with Crippen LogP contribution in [0.25, 0.3) is 0 Å². The van der Waals surface area contributed by atoms with Crippen molar-refractivity contribution in [1.82, 2.24) is 0 Å². The Labute approximate surface area is 122 Å². The summed E-state index contributed by atoms with van der Waals surface area (Å²) in [6, 6.07) is 9.16. The number of allylic oxidation sites excluding steroid dienone is 2. The lowest BCUT2D eigenvalue weighted by molar-refractivity contribution is 0.0497. The highest BCUT2D eigenvalue weighted by atomic mass is 16.5. The second-order valence-corrected chi connectivity index (χ2v) is 5.45. The van der Waals surface area contributed by atoms with Crippen LogP contribution in [0, 0.1) is 0 Å². The monoisotopic (exact) mass is 274 g/mol. The van der Waals surface area contributed by atoms with Crippen molar-refractivity contribution in [2.24, 2.45) is 0 Å². The number of ether oxygens (including phenoxy) is 1. The Balaban J connectivity index is 2.06. The van der Waals surface area contributed by atoms with Crippen molar-refractivity contribution < 1.29 is 9.53 Å². The minimum Gasteiger partial charge on any atom is -0.462 e. The predicted octanol–water partition coefficient (Wildman–Crippen LogP) is 5.15. The standard InChI is InChI=1S/C18H26O2/c1-15(2)16(3)11-7-4-5-10-14-20-18(19)17-12-8-6-9-13-17/h6,8-9,12-13H,4-5,7,10-11,14H2,1-3H3. The Bertz CT molecular complexity index is 428. The molecule has 0 spiro atoms. The summed E-state index contributed by atoms with van der Waals surface area (Å²) in [5, 5.41) is 0. The van der Waals surface area contributed by atoms with Gasteiger partial charge >= 0.3 is 5.97 Å². The molecule has 0 fully saturated rings. The number of rotatable bonds is 8. The Morgan fingerprint density at radius 1 is 0.950 bits per heavy atom. The van der Waals surface area contributed by atoms with E-state index in [1.54, 1.807) is 12.1 Å². The largest absolute Gasteiger partial charge is 0.462 e. The average Bonchev–Trinajstić information content (AvgIpc) is 2.46. The summed E-state index contributed by atoms with van der Waals surface area (Å²) in [6.07, 6.45) is 5.69. The molecule has 0 saturated carbocycles. The van der Waals surface area contributed by atoms with Crippen LogP contribution in [0.3, 0.4) is 0 Å². The van der Waals surface area contributed by atoms with Crippen molar-refractivity contribution in [2.75, 3.05) is 6.61 Å². The Morgan fingerprint density at radius 2 is 1.60 bits per heavy atom. The molecular weight excluding hydrogens is 248 g/mol. The first-order valence-corrected chi connectivity index (χ1v) is 7.46. The van der Waals surface area contributed by atoms with Gasteiger partial charge in [-0.3, -0.25) is 0 Å². The second kappa shape index (κ2) is 9.35. The van der Waals surface area contributed by atoms with E-state index >= 15 is 0 Å². The zero-order valence-corrected chi connectivity index (χ0v) is 12.9. The second-order valence-electron chi connectivity index (χ2n) is 5.45. The fourth-order valence-corrected chi connectivity index (χ4v) is 1.92. The smallest absolute Gasteiger partial charge is 0.338 e. The Kier molecular flexibility index (Phi) is 7.71. The number of benzene rings is 1. The summed E-state index contributed by atoms with van der Waals surface area (Å²) in [7, 11) is 0. The molecule has 20 heavy (non-hydrogen) atoms. The van der Waals surface area contributed by atoms with E-state index in [4.69, 9.17) is 4.74 Å². The average molecular weight is 274 g/mol. The number of carbonyl (C=O) groups excluding carboxylic acids is 1. The van der Waals surface area contributed by atoms with Gasteiger partial charge in [0.2, 0.25) is 0 Å². The Morgan fingerprint density at radius 3 is 2.25 bits per heavy atom. The van der Waals surface area contributed by atoms with Gasteiger partial charge in [0, 0.05) is 0 Å². The Hall–Kier alpha value is -1.57. The lowest BCUT2D eigenvalue weighted by Crippen LogP contribution is -2.06. The highest BCUT2D eigenvalue weighted by Gasteiger charge is 2.04. The van der Waals surface area contributed by atoms with Crippen molar-refractivity contribution in [3.8, 4) is 0 Å². The first kappa shape index (κ1) is 16.5. The highest BCUT2D eigenvalue weighted by molar-refractivity contribution is 5.89. The molecule has 0 aliphatic rings. The molecule has 0 heterocycles. The van der Waals surface area contributed by atoms with Gasteiger partial charge in [0.05, 0.1) is 12.2 Å². The summed E-state index contributed by atoms with van der Waals surface area (Å²) < 4.78 is 5.25. The fourth-order valence-electron chi connectivity index (χ4n) is 1.92. The minimum absolute atomic E-state index is 0.217.